The molecule has 188 valence electrons. The van der Waals surface area contributed by atoms with Crippen LogP contribution in [-0.2, 0) is 14.2 Å². The maximum Gasteiger partial charge on any atom is 0.0703 e. The summed E-state index contributed by atoms with van der Waals surface area (Å²) in [6, 6.07) is 0. The molecule has 0 aliphatic heterocycles. The van der Waals surface area contributed by atoms with E-state index in [0.29, 0.717) is 25.6 Å². The molecule has 3 atom stereocenters. The monoisotopic (exact) mass is 444 g/mol. The van der Waals surface area contributed by atoms with Crippen molar-refractivity contribution in [2.24, 2.45) is 16.7 Å². The Labute approximate surface area is 194 Å². The fraction of sp³-hybridized carbons (Fsp3) is 1.00. The molecule has 0 heterocycles. The van der Waals surface area contributed by atoms with Crippen LogP contribution in [0.3, 0.4) is 0 Å². The Kier molecular flexibility index (Phi) is 11.8. The van der Waals surface area contributed by atoms with Crippen LogP contribution in [0.2, 0.25) is 0 Å². The molecule has 0 bridgehead atoms. The molecule has 0 spiro atoms. The molecule has 0 aromatic carbocycles. The van der Waals surface area contributed by atoms with Gasteiger partial charge in [0.25, 0.3) is 0 Å². The van der Waals surface area contributed by atoms with Gasteiger partial charge in [0.15, 0.2) is 0 Å². The summed E-state index contributed by atoms with van der Waals surface area (Å²) in [6.07, 6.45) is 3.82. The maximum atomic E-state index is 10.0. The highest BCUT2D eigenvalue weighted by atomic mass is 16.5. The van der Waals surface area contributed by atoms with E-state index in [9.17, 15) is 5.11 Å². The Morgan fingerprint density at radius 2 is 1.29 bits per heavy atom. The van der Waals surface area contributed by atoms with E-state index in [4.69, 9.17) is 14.2 Å². The molecule has 0 saturated heterocycles. The molecule has 0 amide bonds. The molecular formula is C27H56O4. The smallest absolute Gasteiger partial charge is 0.0703 e. The van der Waals surface area contributed by atoms with Crippen molar-refractivity contribution >= 4 is 0 Å². The Balaban J connectivity index is 5.24. The van der Waals surface area contributed by atoms with Gasteiger partial charge in [-0.25, -0.2) is 0 Å². The van der Waals surface area contributed by atoms with Crippen molar-refractivity contribution in [3.05, 3.63) is 0 Å². The lowest BCUT2D eigenvalue weighted by atomic mass is 9.65. The fourth-order valence-corrected chi connectivity index (χ4v) is 4.17. The van der Waals surface area contributed by atoms with Gasteiger partial charge in [0.2, 0.25) is 0 Å². The van der Waals surface area contributed by atoms with Gasteiger partial charge < -0.3 is 19.3 Å². The average molecular weight is 445 g/mol. The normalized spacial score (nSPS) is 18.7. The molecule has 0 radical (unpaired) electrons. The minimum atomic E-state index is -0.707. The number of hydrogen-bond acceptors (Lipinski definition) is 4. The molecule has 4 nitrogen and oxygen atoms in total. The van der Waals surface area contributed by atoms with Crippen molar-refractivity contribution in [1.82, 2.24) is 0 Å². The molecule has 0 aromatic rings. The summed E-state index contributed by atoms with van der Waals surface area (Å²) in [5.41, 5.74) is -1.29. The first-order valence-corrected chi connectivity index (χ1v) is 12.5. The third-order valence-corrected chi connectivity index (χ3v) is 8.31. The van der Waals surface area contributed by atoms with Gasteiger partial charge in [-0.15, -0.1) is 0 Å². The van der Waals surface area contributed by atoms with Crippen LogP contribution in [0.1, 0.15) is 116 Å². The van der Waals surface area contributed by atoms with Crippen molar-refractivity contribution in [3.8, 4) is 0 Å². The molecule has 0 fully saturated rings. The highest BCUT2D eigenvalue weighted by molar-refractivity contribution is 4.96. The Bertz CT molecular complexity index is 506. The highest BCUT2D eigenvalue weighted by Crippen LogP contribution is 2.46. The summed E-state index contributed by atoms with van der Waals surface area (Å²) in [5, 5.41) is 10.0. The third-order valence-electron chi connectivity index (χ3n) is 8.31. The number of rotatable bonds is 16. The molecule has 31 heavy (non-hydrogen) atoms. The molecule has 0 saturated carbocycles. The largest absolute Gasteiger partial charge is 0.390 e. The van der Waals surface area contributed by atoms with Crippen molar-refractivity contribution < 1.29 is 19.3 Å². The first-order valence-electron chi connectivity index (χ1n) is 12.5. The third kappa shape index (κ3) is 8.95. The van der Waals surface area contributed by atoms with Gasteiger partial charge >= 0.3 is 0 Å². The Morgan fingerprint density at radius 3 is 1.71 bits per heavy atom. The second-order valence-corrected chi connectivity index (χ2v) is 12.0. The first-order chi connectivity index (χ1) is 13.9. The quantitative estimate of drug-likeness (QED) is 0.278. The topological polar surface area (TPSA) is 47.9 Å². The minimum Gasteiger partial charge on any atom is -0.390 e. The predicted molar refractivity (Wildman–Crippen MR) is 133 cm³/mol. The highest BCUT2D eigenvalue weighted by Gasteiger charge is 2.47. The van der Waals surface area contributed by atoms with Crippen LogP contribution in [0.4, 0.5) is 0 Å². The standard InChI is InChI=1S/C27H56O4/c1-14-26(12,25(10,11)30-19-17-24(8,9)28)22(5)20-31-27(13,15-2)23(6,7)16-18-29-21(3)4/h21-22,28H,14-20H2,1-13H3. The van der Waals surface area contributed by atoms with Crippen molar-refractivity contribution in [2.45, 2.75) is 139 Å². The van der Waals surface area contributed by atoms with Crippen LogP contribution < -0.4 is 0 Å². The van der Waals surface area contributed by atoms with Crippen LogP contribution in [-0.4, -0.2) is 47.8 Å². The minimum absolute atomic E-state index is 0.0116. The fourth-order valence-electron chi connectivity index (χ4n) is 4.17. The van der Waals surface area contributed by atoms with E-state index in [1.807, 2.05) is 13.8 Å². The Morgan fingerprint density at radius 1 is 0.742 bits per heavy atom. The van der Waals surface area contributed by atoms with Crippen LogP contribution in [0.15, 0.2) is 0 Å². The van der Waals surface area contributed by atoms with Crippen molar-refractivity contribution in [3.63, 3.8) is 0 Å². The second-order valence-electron chi connectivity index (χ2n) is 12.0. The van der Waals surface area contributed by atoms with E-state index < -0.39 is 5.60 Å². The first kappa shape index (κ1) is 30.8. The predicted octanol–water partition coefficient (Wildman–Crippen LogP) is 7.02. The van der Waals surface area contributed by atoms with Crippen LogP contribution >= 0.6 is 0 Å². The number of aliphatic hydroxyl groups is 1. The molecular weight excluding hydrogens is 388 g/mol. The molecule has 0 aliphatic rings. The summed E-state index contributed by atoms with van der Waals surface area (Å²) in [5.74, 6) is 0.322. The molecule has 3 unspecified atom stereocenters. The average Bonchev–Trinajstić information content (AvgIpc) is 2.62. The lowest BCUT2D eigenvalue weighted by Crippen LogP contribution is -2.51. The lowest BCUT2D eigenvalue weighted by molar-refractivity contribution is -0.175. The molecule has 0 aromatic heterocycles. The zero-order valence-corrected chi connectivity index (χ0v) is 23.3. The zero-order valence-electron chi connectivity index (χ0n) is 23.3. The number of hydrogen-bond donors (Lipinski definition) is 1. The van der Waals surface area contributed by atoms with Gasteiger partial charge in [-0.05, 0) is 85.5 Å². The summed E-state index contributed by atoms with van der Waals surface area (Å²) >= 11 is 0. The van der Waals surface area contributed by atoms with E-state index in [2.05, 4.69) is 76.2 Å². The van der Waals surface area contributed by atoms with Gasteiger partial charge in [0.05, 0.1) is 36.1 Å². The maximum absolute atomic E-state index is 10.0. The molecule has 0 rings (SSSR count). The molecule has 4 heteroatoms. The van der Waals surface area contributed by atoms with Crippen molar-refractivity contribution in [1.29, 1.82) is 0 Å². The summed E-state index contributed by atoms with van der Waals surface area (Å²) in [7, 11) is 0. The van der Waals surface area contributed by atoms with Crippen LogP contribution in [0, 0.1) is 16.7 Å². The van der Waals surface area contributed by atoms with E-state index >= 15 is 0 Å². The van der Waals surface area contributed by atoms with Gasteiger partial charge in [-0.2, -0.15) is 0 Å². The Hall–Kier alpha value is -0.160. The lowest BCUT2D eigenvalue weighted by Gasteiger charge is -2.50. The van der Waals surface area contributed by atoms with Gasteiger partial charge in [0, 0.05) is 12.0 Å². The molecule has 1 N–H and O–H groups in total. The van der Waals surface area contributed by atoms with Crippen molar-refractivity contribution in [2.75, 3.05) is 19.8 Å². The van der Waals surface area contributed by atoms with Gasteiger partial charge in [0.1, 0.15) is 0 Å². The van der Waals surface area contributed by atoms with E-state index in [-0.39, 0.29) is 28.1 Å². The zero-order chi connectivity index (χ0) is 24.7. The van der Waals surface area contributed by atoms with Gasteiger partial charge in [-0.1, -0.05) is 41.5 Å². The van der Waals surface area contributed by atoms with E-state index in [1.54, 1.807) is 0 Å². The summed E-state index contributed by atoms with van der Waals surface area (Å²) < 4.78 is 18.9. The molecule has 0 aliphatic carbocycles. The van der Waals surface area contributed by atoms with Crippen LogP contribution in [0.5, 0.6) is 0 Å². The second kappa shape index (κ2) is 11.8. The van der Waals surface area contributed by atoms with Gasteiger partial charge in [-0.3, -0.25) is 0 Å². The number of ether oxygens (including phenoxy) is 3. The van der Waals surface area contributed by atoms with Crippen LogP contribution in [0.25, 0.3) is 0 Å². The SMILES string of the molecule is CCC(C)(OCC(C)C(C)(CC)C(C)(C)OCCC(C)(C)O)C(C)(C)CCOC(C)C. The van der Waals surface area contributed by atoms with E-state index in [0.717, 1.165) is 25.9 Å². The summed E-state index contributed by atoms with van der Waals surface area (Å²) in [6.45, 7) is 30.1. The van der Waals surface area contributed by atoms with E-state index in [1.165, 1.54) is 0 Å². The summed E-state index contributed by atoms with van der Waals surface area (Å²) in [4.78, 5) is 0.